The Morgan fingerprint density at radius 1 is 0.923 bits per heavy atom. The van der Waals surface area contributed by atoms with Crippen molar-refractivity contribution in [2.24, 2.45) is 5.92 Å². The molecule has 0 aromatic carbocycles. The van der Waals surface area contributed by atoms with Crippen molar-refractivity contribution in [1.82, 2.24) is 10.6 Å². The van der Waals surface area contributed by atoms with Crippen LogP contribution < -0.4 is 10.6 Å². The zero-order chi connectivity index (χ0) is 18.2. The fourth-order valence-corrected chi connectivity index (χ4v) is 3.91. The van der Waals surface area contributed by atoms with Crippen LogP contribution in [-0.2, 0) is 19.1 Å². The minimum absolute atomic E-state index is 0.0420. The second-order valence-corrected chi connectivity index (χ2v) is 7.42. The highest BCUT2D eigenvalue weighted by Crippen LogP contribution is 2.27. The first-order chi connectivity index (χ1) is 12.7. The molecule has 2 amide bonds. The Bertz CT molecular complexity index is 564. The van der Waals surface area contributed by atoms with Gasteiger partial charge in [0, 0.05) is 12.6 Å². The van der Waals surface area contributed by atoms with Gasteiger partial charge in [0.25, 0.3) is 5.91 Å². The molecule has 1 unspecified atom stereocenters. The predicted molar refractivity (Wildman–Crippen MR) is 98.1 cm³/mol. The number of ether oxygens (including phenoxy) is 2. The van der Waals surface area contributed by atoms with Crippen LogP contribution >= 0.6 is 0 Å². The van der Waals surface area contributed by atoms with Crippen molar-refractivity contribution in [2.75, 3.05) is 19.8 Å². The third-order valence-corrected chi connectivity index (χ3v) is 5.47. The second kappa shape index (κ2) is 9.64. The van der Waals surface area contributed by atoms with Crippen molar-refractivity contribution in [2.45, 2.75) is 63.8 Å². The number of rotatable bonds is 6. The summed E-state index contributed by atoms with van der Waals surface area (Å²) >= 11 is 0. The van der Waals surface area contributed by atoms with Crippen LogP contribution in [-0.4, -0.2) is 37.6 Å². The summed E-state index contributed by atoms with van der Waals surface area (Å²) in [7, 11) is 0. The molecule has 1 atom stereocenters. The molecule has 2 aliphatic heterocycles. The molecule has 1 saturated carbocycles. The van der Waals surface area contributed by atoms with Crippen molar-refractivity contribution in [1.29, 1.82) is 0 Å². The zero-order valence-corrected chi connectivity index (χ0v) is 15.4. The van der Waals surface area contributed by atoms with Gasteiger partial charge in [0.2, 0.25) is 5.91 Å². The summed E-state index contributed by atoms with van der Waals surface area (Å²) in [6.45, 7) is 1.81. The van der Waals surface area contributed by atoms with Gasteiger partial charge in [0.1, 0.15) is 0 Å². The van der Waals surface area contributed by atoms with Gasteiger partial charge < -0.3 is 20.1 Å². The van der Waals surface area contributed by atoms with Gasteiger partial charge in [-0.2, -0.15) is 0 Å². The van der Waals surface area contributed by atoms with Gasteiger partial charge in [0.15, 0.2) is 0 Å². The molecule has 6 heteroatoms. The monoisotopic (exact) mass is 362 g/mol. The smallest absolute Gasteiger partial charge is 0.250 e. The van der Waals surface area contributed by atoms with Crippen molar-refractivity contribution in [3.8, 4) is 0 Å². The van der Waals surface area contributed by atoms with Gasteiger partial charge in [-0.25, -0.2) is 0 Å². The van der Waals surface area contributed by atoms with E-state index in [4.69, 9.17) is 9.47 Å². The van der Waals surface area contributed by atoms with E-state index in [1.165, 1.54) is 19.3 Å². The molecule has 6 nitrogen and oxygen atoms in total. The van der Waals surface area contributed by atoms with Crippen LogP contribution in [0.4, 0.5) is 0 Å². The Labute approximate surface area is 155 Å². The van der Waals surface area contributed by atoms with Gasteiger partial charge in [-0.1, -0.05) is 19.3 Å². The molecule has 0 bridgehead atoms. The van der Waals surface area contributed by atoms with E-state index in [-0.39, 0.29) is 17.9 Å². The molecule has 1 aliphatic carbocycles. The van der Waals surface area contributed by atoms with Crippen LogP contribution in [0.25, 0.3) is 0 Å². The molecule has 0 radical (unpaired) electrons. The third-order valence-electron chi connectivity index (χ3n) is 5.47. The molecule has 3 rings (SSSR count). The van der Waals surface area contributed by atoms with Crippen LogP contribution in [0, 0.1) is 5.92 Å². The van der Waals surface area contributed by atoms with E-state index in [2.05, 4.69) is 10.6 Å². The highest BCUT2D eigenvalue weighted by molar-refractivity contribution is 5.94. The van der Waals surface area contributed by atoms with Gasteiger partial charge >= 0.3 is 0 Å². The Morgan fingerprint density at radius 3 is 2.12 bits per heavy atom. The minimum Gasteiger partial charge on any atom is -0.501 e. The van der Waals surface area contributed by atoms with E-state index in [1.807, 2.05) is 0 Å². The average molecular weight is 362 g/mol. The first kappa shape index (κ1) is 18.8. The van der Waals surface area contributed by atoms with E-state index in [0.29, 0.717) is 36.8 Å². The van der Waals surface area contributed by atoms with E-state index >= 15 is 0 Å². The maximum Gasteiger partial charge on any atom is 0.250 e. The molecule has 2 N–H and O–H groups in total. The number of hydrogen-bond acceptors (Lipinski definition) is 4. The van der Waals surface area contributed by atoms with E-state index in [0.717, 1.165) is 38.5 Å². The minimum atomic E-state index is -0.0834. The fourth-order valence-electron chi connectivity index (χ4n) is 3.91. The first-order valence-electron chi connectivity index (χ1n) is 9.94. The summed E-state index contributed by atoms with van der Waals surface area (Å²) < 4.78 is 10.6. The Balaban J connectivity index is 1.59. The lowest BCUT2D eigenvalue weighted by atomic mass is 9.83. The van der Waals surface area contributed by atoms with Crippen LogP contribution in [0.2, 0.25) is 0 Å². The molecule has 2 heterocycles. The highest BCUT2D eigenvalue weighted by atomic mass is 16.5. The van der Waals surface area contributed by atoms with E-state index in [9.17, 15) is 9.59 Å². The maximum atomic E-state index is 12.6. The molecule has 0 saturated heterocycles. The summed E-state index contributed by atoms with van der Waals surface area (Å²) in [6, 6.07) is -0.0420. The van der Waals surface area contributed by atoms with E-state index < -0.39 is 0 Å². The van der Waals surface area contributed by atoms with Gasteiger partial charge in [0.05, 0.1) is 36.9 Å². The van der Waals surface area contributed by atoms with Gasteiger partial charge in [-0.3, -0.25) is 9.59 Å². The SMILES string of the molecule is O=C(NCC(NC(=O)C1=COCCC1)C1CCCCC1)C1=COCCC1. The molecule has 144 valence electrons. The number of hydrogen-bond donors (Lipinski definition) is 2. The molecule has 1 fully saturated rings. The Kier molecular flexibility index (Phi) is 6.97. The number of carbonyl (C=O) groups excluding carboxylic acids is 2. The summed E-state index contributed by atoms with van der Waals surface area (Å²) in [5.41, 5.74) is 1.39. The maximum absolute atomic E-state index is 12.6. The lowest BCUT2D eigenvalue weighted by Crippen LogP contribution is -2.49. The third kappa shape index (κ3) is 5.26. The van der Waals surface area contributed by atoms with E-state index in [1.54, 1.807) is 12.5 Å². The first-order valence-corrected chi connectivity index (χ1v) is 9.94. The van der Waals surface area contributed by atoms with Crippen LogP contribution in [0.5, 0.6) is 0 Å². The molecule has 3 aliphatic rings. The summed E-state index contributed by atoms with van der Waals surface area (Å²) in [6.07, 6.45) is 12.2. The van der Waals surface area contributed by atoms with Crippen LogP contribution in [0.3, 0.4) is 0 Å². The van der Waals surface area contributed by atoms with Crippen molar-refractivity contribution in [3.63, 3.8) is 0 Å². The predicted octanol–water partition coefficient (Wildman–Crippen LogP) is 2.56. The lowest BCUT2D eigenvalue weighted by molar-refractivity contribution is -0.121. The second-order valence-electron chi connectivity index (χ2n) is 7.42. The van der Waals surface area contributed by atoms with Gasteiger partial charge in [-0.05, 0) is 44.4 Å². The average Bonchev–Trinajstić information content (AvgIpc) is 2.72. The number of amides is 2. The Hall–Kier alpha value is -1.98. The summed E-state index contributed by atoms with van der Waals surface area (Å²) in [5.74, 6) is 0.268. The Morgan fingerprint density at radius 2 is 1.54 bits per heavy atom. The number of carbonyl (C=O) groups is 2. The highest BCUT2D eigenvalue weighted by Gasteiger charge is 2.27. The van der Waals surface area contributed by atoms with Crippen LogP contribution in [0.15, 0.2) is 23.7 Å². The number of nitrogens with one attached hydrogen (secondary N) is 2. The normalized spacial score (nSPS) is 22.2. The zero-order valence-electron chi connectivity index (χ0n) is 15.4. The molecular formula is C20H30N2O4. The van der Waals surface area contributed by atoms with Crippen LogP contribution in [0.1, 0.15) is 57.8 Å². The lowest BCUT2D eigenvalue weighted by Gasteiger charge is -2.31. The molecule has 0 aromatic heterocycles. The quantitative estimate of drug-likeness (QED) is 0.761. The molecule has 26 heavy (non-hydrogen) atoms. The van der Waals surface area contributed by atoms with Crippen molar-refractivity contribution >= 4 is 11.8 Å². The summed E-state index contributed by atoms with van der Waals surface area (Å²) in [5, 5.41) is 6.17. The van der Waals surface area contributed by atoms with Crippen molar-refractivity contribution < 1.29 is 19.1 Å². The van der Waals surface area contributed by atoms with Gasteiger partial charge in [-0.15, -0.1) is 0 Å². The molecule has 0 spiro atoms. The standard InChI is InChI=1S/C20H30N2O4/c23-19(16-8-4-10-25-13-16)21-12-18(15-6-2-1-3-7-15)22-20(24)17-9-5-11-26-14-17/h13-15,18H,1-12H2,(H,21,23)(H,22,24). The fraction of sp³-hybridized carbons (Fsp3) is 0.700. The summed E-state index contributed by atoms with van der Waals surface area (Å²) in [4.78, 5) is 25.0. The van der Waals surface area contributed by atoms with Crippen molar-refractivity contribution in [3.05, 3.63) is 23.7 Å². The molecule has 0 aromatic rings. The largest absolute Gasteiger partial charge is 0.501 e. The topological polar surface area (TPSA) is 76.7 Å². The molecular weight excluding hydrogens is 332 g/mol.